The van der Waals surface area contributed by atoms with E-state index in [4.69, 9.17) is 4.74 Å². The molecule has 5 rings (SSSR count). The minimum absolute atomic E-state index is 0.0679. The molecule has 1 atom stereocenters. The van der Waals surface area contributed by atoms with Gasteiger partial charge in [-0.05, 0) is 60.0 Å². The number of ether oxygens (including phenoxy) is 1. The SMILES string of the molecule is Cc1ccccc1N1C(=O)C(=O)/C(=C(\O)c2ccc3c(c2)CCO3)C1c1ccncc1. The van der Waals surface area contributed by atoms with Crippen LogP contribution in [0.1, 0.15) is 28.3 Å². The number of carbonyl (C=O) groups is 2. The Morgan fingerprint density at radius 1 is 1.10 bits per heavy atom. The molecular weight excluding hydrogens is 392 g/mol. The predicted octanol–water partition coefficient (Wildman–Crippen LogP) is 3.95. The Balaban J connectivity index is 1.72. The maximum Gasteiger partial charge on any atom is 0.300 e. The van der Waals surface area contributed by atoms with Gasteiger partial charge in [0.15, 0.2) is 0 Å². The summed E-state index contributed by atoms with van der Waals surface area (Å²) >= 11 is 0. The van der Waals surface area contributed by atoms with E-state index in [2.05, 4.69) is 4.98 Å². The molecule has 6 heteroatoms. The number of aryl methyl sites for hydroxylation is 1. The van der Waals surface area contributed by atoms with Gasteiger partial charge < -0.3 is 9.84 Å². The number of pyridine rings is 1. The van der Waals surface area contributed by atoms with Crippen LogP contribution in [0.15, 0.2) is 72.6 Å². The molecular formula is C25H20N2O4. The highest BCUT2D eigenvalue weighted by Crippen LogP contribution is 2.43. The number of rotatable bonds is 3. The molecule has 0 radical (unpaired) electrons. The van der Waals surface area contributed by atoms with Gasteiger partial charge in [-0.3, -0.25) is 19.5 Å². The monoisotopic (exact) mass is 412 g/mol. The Hall–Kier alpha value is -3.93. The number of fused-ring (bicyclic) bond motifs is 1. The summed E-state index contributed by atoms with van der Waals surface area (Å²) in [6, 6.07) is 15.5. The fraction of sp³-hybridized carbons (Fsp3) is 0.160. The zero-order valence-corrected chi connectivity index (χ0v) is 16.9. The second kappa shape index (κ2) is 7.40. The van der Waals surface area contributed by atoms with E-state index < -0.39 is 17.7 Å². The highest BCUT2D eigenvalue weighted by molar-refractivity contribution is 6.51. The highest BCUT2D eigenvalue weighted by atomic mass is 16.5. The number of Topliss-reactive ketones (excluding diaryl/α,β-unsaturated/α-hetero) is 1. The Kier molecular flexibility index (Phi) is 4.55. The summed E-state index contributed by atoms with van der Waals surface area (Å²) in [4.78, 5) is 31.9. The van der Waals surface area contributed by atoms with Crippen molar-refractivity contribution in [2.24, 2.45) is 0 Å². The summed E-state index contributed by atoms with van der Waals surface area (Å²) in [5.74, 6) is -0.782. The Morgan fingerprint density at radius 3 is 2.65 bits per heavy atom. The quantitative estimate of drug-likeness (QED) is 0.400. The van der Waals surface area contributed by atoms with E-state index in [0.717, 1.165) is 23.3 Å². The molecule has 0 aliphatic carbocycles. The lowest BCUT2D eigenvalue weighted by Gasteiger charge is -2.26. The summed E-state index contributed by atoms with van der Waals surface area (Å²) < 4.78 is 5.54. The van der Waals surface area contributed by atoms with Gasteiger partial charge >= 0.3 is 0 Å². The van der Waals surface area contributed by atoms with Crippen LogP contribution in [0.25, 0.3) is 5.76 Å². The molecule has 0 bridgehead atoms. The number of nitrogens with zero attached hydrogens (tertiary/aromatic N) is 2. The number of anilines is 1. The van der Waals surface area contributed by atoms with E-state index in [1.165, 1.54) is 4.90 Å². The fourth-order valence-electron chi connectivity index (χ4n) is 4.27. The van der Waals surface area contributed by atoms with E-state index in [1.807, 2.05) is 31.2 Å². The number of aromatic nitrogens is 1. The van der Waals surface area contributed by atoms with Crippen molar-refractivity contribution < 1.29 is 19.4 Å². The number of benzene rings is 2. The first-order chi connectivity index (χ1) is 15.1. The number of aliphatic hydroxyl groups excluding tert-OH is 1. The predicted molar refractivity (Wildman–Crippen MR) is 116 cm³/mol. The molecule has 3 heterocycles. The van der Waals surface area contributed by atoms with E-state index in [1.54, 1.807) is 42.7 Å². The van der Waals surface area contributed by atoms with Crippen LogP contribution in [-0.4, -0.2) is 28.4 Å². The summed E-state index contributed by atoms with van der Waals surface area (Å²) in [6.45, 7) is 2.48. The van der Waals surface area contributed by atoms with Gasteiger partial charge in [0.05, 0.1) is 18.2 Å². The number of hydrogen-bond donors (Lipinski definition) is 1. The van der Waals surface area contributed by atoms with Crippen LogP contribution in [0.2, 0.25) is 0 Å². The summed E-state index contributed by atoms with van der Waals surface area (Å²) in [7, 11) is 0. The van der Waals surface area contributed by atoms with Gasteiger partial charge in [-0.25, -0.2) is 0 Å². The van der Waals surface area contributed by atoms with E-state index in [0.29, 0.717) is 23.4 Å². The average molecular weight is 412 g/mol. The van der Waals surface area contributed by atoms with Crippen LogP contribution in [-0.2, 0) is 16.0 Å². The first-order valence-corrected chi connectivity index (χ1v) is 10.1. The van der Waals surface area contributed by atoms with E-state index in [9.17, 15) is 14.7 Å². The van der Waals surface area contributed by atoms with Gasteiger partial charge in [-0.1, -0.05) is 18.2 Å². The molecule has 1 saturated heterocycles. The first kappa shape index (κ1) is 19.1. The maximum absolute atomic E-state index is 13.2. The Morgan fingerprint density at radius 2 is 1.87 bits per heavy atom. The van der Waals surface area contributed by atoms with Crippen molar-refractivity contribution in [3.05, 3.63) is 94.8 Å². The number of aliphatic hydroxyl groups is 1. The molecule has 2 aromatic carbocycles. The van der Waals surface area contributed by atoms with Crippen LogP contribution in [0.3, 0.4) is 0 Å². The van der Waals surface area contributed by atoms with Crippen molar-refractivity contribution >= 4 is 23.1 Å². The van der Waals surface area contributed by atoms with Crippen LogP contribution in [0.4, 0.5) is 5.69 Å². The minimum Gasteiger partial charge on any atom is -0.507 e. The lowest BCUT2D eigenvalue weighted by molar-refractivity contribution is -0.132. The standard InChI is InChI=1S/C25H20N2O4/c1-15-4-2-3-5-19(15)27-22(16-8-11-26-12-9-16)21(24(29)25(27)30)23(28)18-6-7-20-17(14-18)10-13-31-20/h2-9,11-12,14,22,28H,10,13H2,1H3/b23-21-. The number of ketones is 1. The second-order valence-corrected chi connectivity index (χ2v) is 7.66. The topological polar surface area (TPSA) is 79.7 Å². The zero-order chi connectivity index (χ0) is 21.5. The molecule has 2 aliphatic rings. The summed E-state index contributed by atoms with van der Waals surface area (Å²) in [5.41, 5.74) is 3.72. The molecule has 0 spiro atoms. The number of para-hydroxylation sites is 1. The maximum atomic E-state index is 13.2. The average Bonchev–Trinajstić information content (AvgIpc) is 3.36. The number of amides is 1. The lowest BCUT2D eigenvalue weighted by Crippen LogP contribution is -2.30. The summed E-state index contributed by atoms with van der Waals surface area (Å²) in [5, 5.41) is 11.2. The molecule has 6 nitrogen and oxygen atoms in total. The molecule has 1 unspecified atom stereocenters. The van der Waals surface area contributed by atoms with Crippen LogP contribution < -0.4 is 9.64 Å². The van der Waals surface area contributed by atoms with Crippen LogP contribution in [0, 0.1) is 6.92 Å². The highest BCUT2D eigenvalue weighted by Gasteiger charge is 2.47. The van der Waals surface area contributed by atoms with Gasteiger partial charge in [0.2, 0.25) is 0 Å². The molecule has 31 heavy (non-hydrogen) atoms. The van der Waals surface area contributed by atoms with Gasteiger partial charge in [-0.2, -0.15) is 0 Å². The molecule has 154 valence electrons. The first-order valence-electron chi connectivity index (χ1n) is 10.1. The van der Waals surface area contributed by atoms with E-state index >= 15 is 0 Å². The van der Waals surface area contributed by atoms with Crippen LogP contribution >= 0.6 is 0 Å². The van der Waals surface area contributed by atoms with Crippen molar-refractivity contribution in [2.75, 3.05) is 11.5 Å². The molecule has 0 saturated carbocycles. The minimum atomic E-state index is -0.756. The van der Waals surface area contributed by atoms with Gasteiger partial charge in [-0.15, -0.1) is 0 Å². The van der Waals surface area contributed by atoms with E-state index in [-0.39, 0.29) is 11.3 Å². The van der Waals surface area contributed by atoms with Gasteiger partial charge in [0, 0.05) is 30.1 Å². The Bertz CT molecular complexity index is 1230. The molecule has 1 fully saturated rings. The third kappa shape index (κ3) is 3.08. The molecule has 2 aliphatic heterocycles. The van der Waals surface area contributed by atoms with Crippen LogP contribution in [0.5, 0.6) is 5.75 Å². The van der Waals surface area contributed by atoms with Crippen molar-refractivity contribution in [3.63, 3.8) is 0 Å². The number of hydrogen-bond acceptors (Lipinski definition) is 5. The summed E-state index contributed by atoms with van der Waals surface area (Å²) in [6.07, 6.45) is 3.96. The Labute approximate surface area is 179 Å². The normalized spacial score (nSPS) is 19.4. The van der Waals surface area contributed by atoms with Crippen molar-refractivity contribution in [2.45, 2.75) is 19.4 Å². The van der Waals surface area contributed by atoms with Gasteiger partial charge in [0.1, 0.15) is 11.5 Å². The van der Waals surface area contributed by atoms with Crippen molar-refractivity contribution in [1.29, 1.82) is 0 Å². The van der Waals surface area contributed by atoms with Crippen molar-refractivity contribution in [1.82, 2.24) is 4.98 Å². The number of carbonyl (C=O) groups excluding carboxylic acids is 2. The molecule has 3 aromatic rings. The zero-order valence-electron chi connectivity index (χ0n) is 16.9. The second-order valence-electron chi connectivity index (χ2n) is 7.66. The molecule has 1 N–H and O–H groups in total. The largest absolute Gasteiger partial charge is 0.507 e. The smallest absolute Gasteiger partial charge is 0.300 e. The third-order valence-electron chi connectivity index (χ3n) is 5.80. The lowest BCUT2D eigenvalue weighted by atomic mass is 9.95. The third-order valence-corrected chi connectivity index (χ3v) is 5.80. The van der Waals surface area contributed by atoms with Gasteiger partial charge in [0.25, 0.3) is 11.7 Å². The van der Waals surface area contributed by atoms with Crippen molar-refractivity contribution in [3.8, 4) is 5.75 Å². The fourth-order valence-corrected chi connectivity index (χ4v) is 4.27. The molecule has 1 aromatic heterocycles. The molecule has 1 amide bonds.